The summed E-state index contributed by atoms with van der Waals surface area (Å²) in [4.78, 5) is 24.8. The first-order chi connectivity index (χ1) is 14.3. The molecule has 0 saturated carbocycles. The predicted octanol–water partition coefficient (Wildman–Crippen LogP) is 4.57. The first kappa shape index (κ1) is 21.4. The molecule has 2 aromatic carbocycles. The monoisotopic (exact) mass is 421 g/mol. The Kier molecular flexibility index (Phi) is 6.41. The third-order valence-corrected chi connectivity index (χ3v) is 4.28. The van der Waals surface area contributed by atoms with E-state index in [1.165, 1.54) is 6.92 Å². The van der Waals surface area contributed by atoms with Gasteiger partial charge in [-0.25, -0.2) is 18.0 Å². The Hall–Kier alpha value is -3.33. The smallest absolute Gasteiger partial charge is 0.375 e. The lowest BCUT2D eigenvalue weighted by molar-refractivity contribution is -0.123. The number of rotatable bonds is 7. The van der Waals surface area contributed by atoms with E-state index in [2.05, 4.69) is 5.32 Å². The van der Waals surface area contributed by atoms with Crippen LogP contribution < -0.4 is 5.32 Å². The van der Waals surface area contributed by atoms with E-state index >= 15 is 0 Å². The normalized spacial score (nSPS) is 12.0. The van der Waals surface area contributed by atoms with Crippen molar-refractivity contribution in [2.75, 3.05) is 11.9 Å². The zero-order valence-corrected chi connectivity index (χ0v) is 16.1. The molecule has 0 fully saturated rings. The number of amides is 1. The highest BCUT2D eigenvalue weighted by molar-refractivity contribution is 5.99. The number of carbonyl (C=O) groups excluding carboxylic acids is 2. The van der Waals surface area contributed by atoms with Crippen molar-refractivity contribution in [3.05, 3.63) is 65.2 Å². The summed E-state index contributed by atoms with van der Waals surface area (Å²) in [6, 6.07) is 8.46. The zero-order chi connectivity index (χ0) is 21.8. The fourth-order valence-corrected chi connectivity index (χ4v) is 2.74. The molecule has 0 aliphatic carbocycles. The highest BCUT2D eigenvalue weighted by Crippen LogP contribution is 2.28. The molecule has 158 valence electrons. The Labute approximate surface area is 169 Å². The summed E-state index contributed by atoms with van der Waals surface area (Å²) >= 11 is 0. The summed E-state index contributed by atoms with van der Waals surface area (Å²) in [5, 5.41) is 2.72. The summed E-state index contributed by atoms with van der Waals surface area (Å²) in [7, 11) is 0. The Morgan fingerprint density at radius 1 is 1.10 bits per heavy atom. The molecule has 1 heterocycles. The van der Waals surface area contributed by atoms with E-state index in [4.69, 9.17) is 13.9 Å². The van der Waals surface area contributed by atoms with Gasteiger partial charge in [0.05, 0.1) is 12.3 Å². The lowest BCUT2D eigenvalue weighted by Crippen LogP contribution is -2.30. The van der Waals surface area contributed by atoms with E-state index in [-0.39, 0.29) is 12.4 Å². The Balaban J connectivity index is 1.77. The predicted molar refractivity (Wildman–Crippen MR) is 101 cm³/mol. The maximum Gasteiger partial charge on any atom is 0.375 e. The van der Waals surface area contributed by atoms with Gasteiger partial charge in [-0.1, -0.05) is 18.2 Å². The summed E-state index contributed by atoms with van der Waals surface area (Å²) in [5.74, 6) is -6.65. The molecule has 1 amide bonds. The summed E-state index contributed by atoms with van der Waals surface area (Å²) < 4.78 is 56.1. The van der Waals surface area contributed by atoms with Crippen LogP contribution in [0.3, 0.4) is 0 Å². The van der Waals surface area contributed by atoms with Crippen molar-refractivity contribution in [1.82, 2.24) is 0 Å². The van der Waals surface area contributed by atoms with Gasteiger partial charge in [-0.15, -0.1) is 0 Å². The largest absolute Gasteiger partial charge is 0.449 e. The molecule has 0 bridgehead atoms. The van der Waals surface area contributed by atoms with Gasteiger partial charge in [-0.3, -0.25) is 4.79 Å². The Morgan fingerprint density at radius 3 is 2.57 bits per heavy atom. The summed E-state index contributed by atoms with van der Waals surface area (Å²) in [6.45, 7) is 3.55. The lowest BCUT2D eigenvalue weighted by atomic mass is 10.1. The van der Waals surface area contributed by atoms with Crippen LogP contribution in [0.4, 0.5) is 18.9 Å². The average molecular weight is 421 g/mol. The number of para-hydroxylation sites is 1. The minimum absolute atomic E-state index is 0.0958. The molecular formula is C21H18F3NO5. The van der Waals surface area contributed by atoms with Crippen molar-refractivity contribution in [3.8, 4) is 0 Å². The molecule has 0 saturated heterocycles. The van der Waals surface area contributed by atoms with Gasteiger partial charge in [0, 0.05) is 17.6 Å². The number of carbonyl (C=O) groups is 2. The molecule has 3 aromatic rings. The number of anilines is 1. The molecule has 3 rings (SSSR count). The fraction of sp³-hybridized carbons (Fsp3) is 0.238. The number of ether oxygens (including phenoxy) is 2. The zero-order valence-electron chi connectivity index (χ0n) is 16.1. The van der Waals surface area contributed by atoms with Crippen LogP contribution in [0.2, 0.25) is 0 Å². The number of furan rings is 1. The van der Waals surface area contributed by atoms with Gasteiger partial charge >= 0.3 is 5.97 Å². The maximum atomic E-state index is 13.7. The molecule has 30 heavy (non-hydrogen) atoms. The van der Waals surface area contributed by atoms with Crippen molar-refractivity contribution in [2.24, 2.45) is 0 Å². The molecule has 1 aromatic heterocycles. The van der Waals surface area contributed by atoms with Crippen LogP contribution >= 0.6 is 0 Å². The van der Waals surface area contributed by atoms with Gasteiger partial charge in [0.25, 0.3) is 5.91 Å². The minimum atomic E-state index is -1.72. The minimum Gasteiger partial charge on any atom is -0.449 e. The number of hydrogen-bond acceptors (Lipinski definition) is 5. The topological polar surface area (TPSA) is 77.8 Å². The molecule has 0 aliphatic rings. The fourth-order valence-electron chi connectivity index (χ4n) is 2.74. The van der Waals surface area contributed by atoms with Crippen LogP contribution in [-0.2, 0) is 20.9 Å². The summed E-state index contributed by atoms with van der Waals surface area (Å²) in [5.41, 5.74) is 0.333. The molecule has 0 spiro atoms. The molecule has 1 N–H and O–H groups in total. The number of halogens is 3. The van der Waals surface area contributed by atoms with Crippen LogP contribution in [0.5, 0.6) is 0 Å². The summed E-state index contributed by atoms with van der Waals surface area (Å²) in [6.07, 6.45) is -1.38. The quantitative estimate of drug-likeness (QED) is 0.447. The van der Waals surface area contributed by atoms with E-state index in [9.17, 15) is 22.8 Å². The molecular weight excluding hydrogens is 403 g/mol. The standard InChI is InChI=1S/C21H18F3NO5/c1-3-28-10-13-12-6-4-5-7-16(12)30-19(13)21(27)29-11(2)20(26)25-15-9-8-14(22)17(23)18(15)24/h4-9,11H,3,10H2,1-2H3,(H,25,26). The van der Waals surface area contributed by atoms with Gasteiger partial charge < -0.3 is 19.2 Å². The third-order valence-electron chi connectivity index (χ3n) is 4.28. The second-order valence-corrected chi connectivity index (χ2v) is 6.30. The van der Waals surface area contributed by atoms with Crippen LogP contribution in [0.1, 0.15) is 30.0 Å². The van der Waals surface area contributed by atoms with Crippen LogP contribution in [0, 0.1) is 17.5 Å². The average Bonchev–Trinajstić information content (AvgIpc) is 3.11. The number of fused-ring (bicyclic) bond motifs is 1. The van der Waals surface area contributed by atoms with Crippen molar-refractivity contribution in [3.63, 3.8) is 0 Å². The highest BCUT2D eigenvalue weighted by atomic mass is 19.2. The van der Waals surface area contributed by atoms with E-state index in [1.807, 2.05) is 0 Å². The molecule has 0 aliphatic heterocycles. The Morgan fingerprint density at radius 2 is 1.83 bits per heavy atom. The van der Waals surface area contributed by atoms with E-state index in [0.717, 1.165) is 6.07 Å². The van der Waals surface area contributed by atoms with Gasteiger partial charge in [0.15, 0.2) is 23.6 Å². The molecule has 1 unspecified atom stereocenters. The van der Waals surface area contributed by atoms with Gasteiger partial charge in [-0.2, -0.15) is 0 Å². The maximum absolute atomic E-state index is 13.7. The number of nitrogens with one attached hydrogen (secondary N) is 1. The molecule has 9 heteroatoms. The SMILES string of the molecule is CCOCc1c(C(=O)OC(C)C(=O)Nc2ccc(F)c(F)c2F)oc2ccccc12. The van der Waals surface area contributed by atoms with Crippen LogP contribution in [-0.4, -0.2) is 24.6 Å². The third kappa shape index (κ3) is 4.30. The van der Waals surface area contributed by atoms with E-state index in [0.29, 0.717) is 29.2 Å². The van der Waals surface area contributed by atoms with E-state index in [1.54, 1.807) is 31.2 Å². The second kappa shape index (κ2) is 9.00. The number of benzene rings is 2. The second-order valence-electron chi connectivity index (χ2n) is 6.30. The highest BCUT2D eigenvalue weighted by Gasteiger charge is 2.26. The van der Waals surface area contributed by atoms with Gasteiger partial charge in [0.1, 0.15) is 5.58 Å². The van der Waals surface area contributed by atoms with Crippen molar-refractivity contribution < 1.29 is 36.7 Å². The number of hydrogen-bond donors (Lipinski definition) is 1. The van der Waals surface area contributed by atoms with Gasteiger partial charge in [0.2, 0.25) is 5.76 Å². The van der Waals surface area contributed by atoms with Crippen molar-refractivity contribution in [1.29, 1.82) is 0 Å². The number of esters is 1. The van der Waals surface area contributed by atoms with Crippen LogP contribution in [0.15, 0.2) is 40.8 Å². The van der Waals surface area contributed by atoms with Gasteiger partial charge in [-0.05, 0) is 32.0 Å². The van der Waals surface area contributed by atoms with Crippen molar-refractivity contribution in [2.45, 2.75) is 26.6 Å². The molecule has 6 nitrogen and oxygen atoms in total. The Bertz CT molecular complexity index is 1100. The van der Waals surface area contributed by atoms with Crippen LogP contribution in [0.25, 0.3) is 11.0 Å². The molecule has 0 radical (unpaired) electrons. The van der Waals surface area contributed by atoms with E-state index < -0.39 is 41.1 Å². The first-order valence-corrected chi connectivity index (χ1v) is 9.07. The first-order valence-electron chi connectivity index (χ1n) is 9.07. The van der Waals surface area contributed by atoms with Crippen molar-refractivity contribution >= 4 is 28.5 Å². The molecule has 1 atom stereocenters. The lowest BCUT2D eigenvalue weighted by Gasteiger charge is -2.14.